The lowest BCUT2D eigenvalue weighted by atomic mass is 10.2. The molecule has 3 rings (SSSR count). The first-order valence-electron chi connectivity index (χ1n) is 7.40. The summed E-state index contributed by atoms with van der Waals surface area (Å²) >= 11 is 1.37. The molecular formula is C17H16N2O4S. The molecule has 3 aromatic rings. The van der Waals surface area contributed by atoms with Crippen LogP contribution in [0.1, 0.15) is 30.0 Å². The Labute approximate surface area is 142 Å². The number of carbonyl (C=O) groups is 1. The molecule has 0 bridgehead atoms. The van der Waals surface area contributed by atoms with Gasteiger partial charge in [0.05, 0.1) is 5.39 Å². The zero-order valence-electron chi connectivity index (χ0n) is 13.2. The number of nitrogens with zero attached hydrogens (tertiary/aromatic N) is 1. The lowest BCUT2D eigenvalue weighted by molar-refractivity contribution is 0.134. The van der Waals surface area contributed by atoms with Crippen molar-refractivity contribution in [2.24, 2.45) is 0 Å². The molecule has 1 atom stereocenters. The average Bonchev–Trinajstić information content (AvgIpc) is 2.95. The molecule has 124 valence electrons. The highest BCUT2D eigenvalue weighted by molar-refractivity contribution is 7.16. The number of carbonyl (C=O) groups excluding carboxylic acids is 1. The van der Waals surface area contributed by atoms with Crippen molar-refractivity contribution in [1.29, 1.82) is 0 Å². The van der Waals surface area contributed by atoms with E-state index < -0.39 is 17.8 Å². The van der Waals surface area contributed by atoms with Crippen molar-refractivity contribution in [2.75, 3.05) is 0 Å². The molecule has 2 aromatic heterocycles. The first-order valence-corrected chi connectivity index (χ1v) is 8.28. The molecule has 1 aromatic carbocycles. The number of benzene rings is 1. The van der Waals surface area contributed by atoms with E-state index in [0.29, 0.717) is 10.2 Å². The van der Waals surface area contributed by atoms with Gasteiger partial charge in [-0.2, -0.15) is 0 Å². The Morgan fingerprint density at radius 3 is 2.88 bits per heavy atom. The Kier molecular flexibility index (Phi) is 4.61. The number of hydrogen-bond acceptors (Lipinski definition) is 6. The molecule has 1 N–H and O–H groups in total. The smallest absolute Gasteiger partial charge is 0.408 e. The van der Waals surface area contributed by atoms with Gasteiger partial charge in [0.15, 0.2) is 0 Å². The minimum Gasteiger partial charge on any atom is -0.445 e. The molecule has 0 aliphatic heterocycles. The van der Waals surface area contributed by atoms with E-state index in [4.69, 9.17) is 9.15 Å². The second-order valence-electron chi connectivity index (χ2n) is 5.37. The maximum Gasteiger partial charge on any atom is 0.408 e. The van der Waals surface area contributed by atoms with Crippen molar-refractivity contribution < 1.29 is 13.9 Å². The quantitative estimate of drug-likeness (QED) is 0.783. The van der Waals surface area contributed by atoms with Crippen LogP contribution in [0.2, 0.25) is 0 Å². The summed E-state index contributed by atoms with van der Waals surface area (Å²) in [5.41, 5.74) is 1.28. The molecular weight excluding hydrogens is 328 g/mol. The Morgan fingerprint density at radius 2 is 2.12 bits per heavy atom. The van der Waals surface area contributed by atoms with Gasteiger partial charge >= 0.3 is 11.7 Å². The monoisotopic (exact) mass is 344 g/mol. The third kappa shape index (κ3) is 3.46. The van der Waals surface area contributed by atoms with Crippen molar-refractivity contribution >= 4 is 27.6 Å². The standard InChI is InChI=1S/C17H16N2O4S/c1-10-9-24-15-13(10)16(20)23-14(19-15)11(2)18-17(21)22-8-12-6-4-3-5-7-12/h3-7,9,11H,8H2,1-2H3,(H,18,21)/t11-/m0/s1. The maximum atomic E-state index is 12.0. The van der Waals surface area contributed by atoms with Crippen molar-refractivity contribution in [3.8, 4) is 0 Å². The van der Waals surface area contributed by atoms with Crippen LogP contribution in [0.25, 0.3) is 10.2 Å². The molecule has 24 heavy (non-hydrogen) atoms. The molecule has 0 unspecified atom stereocenters. The van der Waals surface area contributed by atoms with Crippen LogP contribution in [0, 0.1) is 6.92 Å². The first-order chi connectivity index (χ1) is 11.5. The molecule has 1 amide bonds. The maximum absolute atomic E-state index is 12.0. The van der Waals surface area contributed by atoms with E-state index in [1.54, 1.807) is 6.92 Å². The summed E-state index contributed by atoms with van der Waals surface area (Å²) in [5.74, 6) is 0.158. The normalized spacial score (nSPS) is 12.1. The Morgan fingerprint density at radius 1 is 1.38 bits per heavy atom. The molecule has 2 heterocycles. The number of amides is 1. The van der Waals surface area contributed by atoms with Crippen LogP contribution in [-0.2, 0) is 11.3 Å². The number of rotatable bonds is 4. The number of alkyl carbamates (subject to hydrolysis) is 1. The van der Waals surface area contributed by atoms with Gasteiger partial charge in [-0.05, 0) is 30.4 Å². The van der Waals surface area contributed by atoms with Crippen LogP contribution in [0.15, 0.2) is 44.9 Å². The number of aromatic nitrogens is 1. The SMILES string of the molecule is Cc1csc2nc([C@H](C)NC(=O)OCc3ccccc3)oc(=O)c12. The summed E-state index contributed by atoms with van der Waals surface area (Å²) in [5, 5.41) is 4.95. The molecule has 7 heteroatoms. The van der Waals surface area contributed by atoms with Gasteiger partial charge in [0, 0.05) is 0 Å². The summed E-state index contributed by atoms with van der Waals surface area (Å²) in [4.78, 5) is 28.8. The third-order valence-corrected chi connectivity index (χ3v) is 4.48. The zero-order valence-corrected chi connectivity index (χ0v) is 14.1. The average molecular weight is 344 g/mol. The topological polar surface area (TPSA) is 81.4 Å². The highest BCUT2D eigenvalue weighted by Crippen LogP contribution is 2.22. The van der Waals surface area contributed by atoms with Crippen molar-refractivity contribution in [2.45, 2.75) is 26.5 Å². The fourth-order valence-electron chi connectivity index (χ4n) is 2.22. The third-order valence-electron chi connectivity index (χ3n) is 3.49. The number of fused-ring (bicyclic) bond motifs is 1. The minimum absolute atomic E-state index is 0.158. The second-order valence-corrected chi connectivity index (χ2v) is 6.22. The van der Waals surface area contributed by atoms with Gasteiger partial charge in [-0.1, -0.05) is 30.3 Å². The molecule has 0 aliphatic rings. The molecule has 0 spiro atoms. The van der Waals surface area contributed by atoms with Gasteiger partial charge < -0.3 is 14.5 Å². The first kappa shape index (κ1) is 16.2. The summed E-state index contributed by atoms with van der Waals surface area (Å²) in [6.45, 7) is 3.68. The second kappa shape index (κ2) is 6.84. The van der Waals surface area contributed by atoms with Gasteiger partial charge in [-0.15, -0.1) is 11.3 Å². The van der Waals surface area contributed by atoms with Crippen molar-refractivity contribution in [3.05, 3.63) is 63.1 Å². The highest BCUT2D eigenvalue weighted by atomic mass is 32.1. The fraction of sp³-hybridized carbons (Fsp3) is 0.235. The van der Waals surface area contributed by atoms with Crippen LogP contribution < -0.4 is 10.9 Å². The largest absolute Gasteiger partial charge is 0.445 e. The van der Waals surface area contributed by atoms with Crippen LogP contribution >= 0.6 is 11.3 Å². The van der Waals surface area contributed by atoms with Crippen LogP contribution in [0.5, 0.6) is 0 Å². The summed E-state index contributed by atoms with van der Waals surface area (Å²) in [7, 11) is 0. The van der Waals surface area contributed by atoms with E-state index >= 15 is 0 Å². The number of aryl methyl sites for hydroxylation is 1. The van der Waals surface area contributed by atoms with E-state index in [0.717, 1.165) is 11.1 Å². The molecule has 0 saturated carbocycles. The van der Waals surface area contributed by atoms with Gasteiger partial charge in [-0.3, -0.25) is 0 Å². The fourth-order valence-corrected chi connectivity index (χ4v) is 3.13. The molecule has 0 saturated heterocycles. The molecule has 0 radical (unpaired) electrons. The van der Waals surface area contributed by atoms with Crippen molar-refractivity contribution in [1.82, 2.24) is 10.3 Å². The zero-order chi connectivity index (χ0) is 17.1. The van der Waals surface area contributed by atoms with Crippen LogP contribution in [-0.4, -0.2) is 11.1 Å². The summed E-state index contributed by atoms with van der Waals surface area (Å²) in [6.07, 6.45) is -0.599. The van der Waals surface area contributed by atoms with Crippen LogP contribution in [0.4, 0.5) is 4.79 Å². The Balaban J connectivity index is 1.67. The van der Waals surface area contributed by atoms with Gasteiger partial charge in [0.1, 0.15) is 17.5 Å². The van der Waals surface area contributed by atoms with E-state index in [9.17, 15) is 9.59 Å². The predicted octanol–water partition coefficient (Wildman–Crippen LogP) is 3.55. The highest BCUT2D eigenvalue weighted by Gasteiger charge is 2.18. The predicted molar refractivity (Wildman–Crippen MR) is 91.1 cm³/mol. The number of nitrogens with one attached hydrogen (secondary N) is 1. The molecule has 6 nitrogen and oxygen atoms in total. The number of hydrogen-bond donors (Lipinski definition) is 1. The lowest BCUT2D eigenvalue weighted by Gasteiger charge is -2.12. The number of ether oxygens (including phenoxy) is 1. The summed E-state index contributed by atoms with van der Waals surface area (Å²) < 4.78 is 10.4. The molecule has 0 aliphatic carbocycles. The van der Waals surface area contributed by atoms with Gasteiger partial charge in [0.2, 0.25) is 5.89 Å². The summed E-state index contributed by atoms with van der Waals surface area (Å²) in [6, 6.07) is 8.79. The molecule has 0 fully saturated rings. The van der Waals surface area contributed by atoms with E-state index in [1.807, 2.05) is 42.6 Å². The van der Waals surface area contributed by atoms with Gasteiger partial charge in [0.25, 0.3) is 0 Å². The van der Waals surface area contributed by atoms with E-state index in [-0.39, 0.29) is 12.5 Å². The van der Waals surface area contributed by atoms with Crippen LogP contribution in [0.3, 0.4) is 0 Å². The van der Waals surface area contributed by atoms with E-state index in [2.05, 4.69) is 10.3 Å². The number of thiophene rings is 1. The Hall–Kier alpha value is -2.67. The Bertz CT molecular complexity index is 917. The van der Waals surface area contributed by atoms with Gasteiger partial charge in [-0.25, -0.2) is 14.6 Å². The van der Waals surface area contributed by atoms with E-state index in [1.165, 1.54) is 11.3 Å². The van der Waals surface area contributed by atoms with Crippen molar-refractivity contribution in [3.63, 3.8) is 0 Å². The lowest BCUT2D eigenvalue weighted by Crippen LogP contribution is -2.28. The minimum atomic E-state index is -0.599.